The molecular weight excluding hydrogens is 450 g/mol. The topological polar surface area (TPSA) is 129 Å². The molecule has 3 amide bonds. The number of methoxy groups -OCH3 is 1. The molecule has 0 aromatic heterocycles. The number of hydrazine groups is 1. The second-order valence-electron chi connectivity index (χ2n) is 7.09. The van der Waals surface area contributed by atoms with E-state index in [0.29, 0.717) is 17.9 Å². The molecule has 0 atom stereocenters. The number of nitrogens with one attached hydrogen (secondary N) is 2. The Morgan fingerprint density at radius 1 is 0.939 bits per heavy atom. The minimum absolute atomic E-state index is 0.0392. The van der Waals surface area contributed by atoms with Gasteiger partial charge in [-0.15, -0.1) is 0 Å². The highest BCUT2D eigenvalue weighted by atomic mass is 35.5. The molecular formula is C23H28ClN3O6. The van der Waals surface area contributed by atoms with Gasteiger partial charge in [0.1, 0.15) is 5.75 Å². The van der Waals surface area contributed by atoms with Crippen molar-refractivity contribution in [1.82, 2.24) is 10.9 Å². The van der Waals surface area contributed by atoms with Gasteiger partial charge in [0.15, 0.2) is 18.1 Å². The van der Waals surface area contributed by atoms with Gasteiger partial charge in [-0.05, 0) is 42.8 Å². The van der Waals surface area contributed by atoms with Crippen molar-refractivity contribution < 1.29 is 28.6 Å². The Kier molecular flexibility index (Phi) is 10.3. The van der Waals surface area contributed by atoms with Crippen LogP contribution in [0.25, 0.3) is 0 Å². The number of ether oxygens (including phenoxy) is 3. The van der Waals surface area contributed by atoms with E-state index in [1.165, 1.54) is 25.7 Å². The first-order valence-corrected chi connectivity index (χ1v) is 10.9. The molecule has 0 aliphatic rings. The summed E-state index contributed by atoms with van der Waals surface area (Å²) in [7, 11) is 1.35. The van der Waals surface area contributed by atoms with Gasteiger partial charge in [-0.1, -0.05) is 37.8 Å². The van der Waals surface area contributed by atoms with E-state index in [0.717, 1.165) is 19.3 Å². The third kappa shape index (κ3) is 8.19. The van der Waals surface area contributed by atoms with E-state index >= 15 is 0 Å². The lowest BCUT2D eigenvalue weighted by molar-refractivity contribution is -0.119. The monoisotopic (exact) mass is 477 g/mol. The van der Waals surface area contributed by atoms with Gasteiger partial charge in [0.25, 0.3) is 17.7 Å². The maximum atomic E-state index is 12.5. The molecule has 2 aromatic rings. The van der Waals surface area contributed by atoms with Gasteiger partial charge < -0.3 is 19.9 Å². The molecule has 0 aliphatic heterocycles. The zero-order valence-corrected chi connectivity index (χ0v) is 19.4. The summed E-state index contributed by atoms with van der Waals surface area (Å²) in [5.41, 5.74) is 10.2. The van der Waals surface area contributed by atoms with Gasteiger partial charge in [-0.25, -0.2) is 0 Å². The lowest BCUT2D eigenvalue weighted by Crippen LogP contribution is -2.41. The SMILES string of the molecule is CCCCCCOc1ccc(C(=O)NNC(=O)c2cc(Cl)c(OCC(N)=O)c(OC)c2)cc1. The Balaban J connectivity index is 1.92. The van der Waals surface area contributed by atoms with Gasteiger partial charge in [-0.2, -0.15) is 0 Å². The van der Waals surface area contributed by atoms with Crippen LogP contribution in [0.2, 0.25) is 5.02 Å². The number of hydrogen-bond acceptors (Lipinski definition) is 6. The van der Waals surface area contributed by atoms with Crippen LogP contribution in [0.5, 0.6) is 17.2 Å². The summed E-state index contributed by atoms with van der Waals surface area (Å²) < 4.78 is 16.0. The molecule has 4 N–H and O–H groups in total. The molecule has 0 unspecified atom stereocenters. The van der Waals surface area contributed by atoms with Crippen molar-refractivity contribution in [2.75, 3.05) is 20.3 Å². The van der Waals surface area contributed by atoms with Crippen molar-refractivity contribution in [3.8, 4) is 17.2 Å². The van der Waals surface area contributed by atoms with E-state index in [1.54, 1.807) is 24.3 Å². The van der Waals surface area contributed by atoms with E-state index in [2.05, 4.69) is 17.8 Å². The van der Waals surface area contributed by atoms with Gasteiger partial charge in [0, 0.05) is 11.1 Å². The second kappa shape index (κ2) is 13.2. The predicted octanol–water partition coefficient (Wildman–Crippen LogP) is 3.25. The molecule has 0 heterocycles. The fourth-order valence-electron chi connectivity index (χ4n) is 2.81. The fraction of sp³-hybridized carbons (Fsp3) is 0.348. The predicted molar refractivity (Wildman–Crippen MR) is 124 cm³/mol. The standard InChI is InChI=1S/C23H28ClN3O6/c1-3-4-5-6-11-32-17-9-7-15(8-10-17)22(29)26-27-23(30)16-12-18(24)21(19(13-16)31-2)33-14-20(25)28/h7-10,12-13H,3-6,11,14H2,1-2H3,(H2,25,28)(H,26,29)(H,27,30). The van der Waals surface area contributed by atoms with E-state index in [-0.39, 0.29) is 22.1 Å². The van der Waals surface area contributed by atoms with Crippen LogP contribution in [-0.4, -0.2) is 38.0 Å². The highest BCUT2D eigenvalue weighted by molar-refractivity contribution is 6.32. The van der Waals surface area contributed by atoms with Crippen molar-refractivity contribution in [3.05, 3.63) is 52.5 Å². The van der Waals surface area contributed by atoms with E-state index in [1.807, 2.05) is 0 Å². The number of primary amides is 1. The Labute approximate surface area is 197 Å². The summed E-state index contributed by atoms with van der Waals surface area (Å²) in [5, 5.41) is 0.0392. The van der Waals surface area contributed by atoms with Gasteiger partial charge in [-0.3, -0.25) is 25.2 Å². The molecule has 33 heavy (non-hydrogen) atoms. The first kappa shape index (κ1) is 25.8. The van der Waals surface area contributed by atoms with Crippen molar-refractivity contribution in [2.45, 2.75) is 32.6 Å². The smallest absolute Gasteiger partial charge is 0.269 e. The molecule has 2 aromatic carbocycles. The third-order valence-corrected chi connectivity index (χ3v) is 4.80. The highest BCUT2D eigenvalue weighted by Crippen LogP contribution is 2.36. The summed E-state index contributed by atoms with van der Waals surface area (Å²) in [6.45, 7) is 2.37. The lowest BCUT2D eigenvalue weighted by atomic mass is 10.2. The van der Waals surface area contributed by atoms with E-state index in [9.17, 15) is 14.4 Å². The Morgan fingerprint density at radius 3 is 2.21 bits per heavy atom. The highest BCUT2D eigenvalue weighted by Gasteiger charge is 2.17. The largest absolute Gasteiger partial charge is 0.494 e. The van der Waals surface area contributed by atoms with Crippen LogP contribution in [0, 0.1) is 0 Å². The minimum Gasteiger partial charge on any atom is -0.494 e. The number of nitrogens with two attached hydrogens (primary N) is 1. The van der Waals surface area contributed by atoms with Crippen LogP contribution >= 0.6 is 11.6 Å². The summed E-state index contributed by atoms with van der Waals surface area (Å²) >= 11 is 6.14. The first-order chi connectivity index (χ1) is 15.8. The molecule has 10 heteroatoms. The van der Waals surface area contributed by atoms with Gasteiger partial charge in [0.05, 0.1) is 18.7 Å². The molecule has 178 valence electrons. The van der Waals surface area contributed by atoms with Crippen LogP contribution in [0.4, 0.5) is 0 Å². The quantitative estimate of drug-likeness (QED) is 0.318. The Hall–Kier alpha value is -3.46. The minimum atomic E-state index is -0.691. The number of rotatable bonds is 12. The number of carbonyl (C=O) groups is 3. The Bertz CT molecular complexity index is 965. The number of unbranched alkanes of at least 4 members (excludes halogenated alkanes) is 3. The molecule has 0 aliphatic carbocycles. The van der Waals surface area contributed by atoms with Crippen LogP contribution in [0.1, 0.15) is 53.3 Å². The van der Waals surface area contributed by atoms with Crippen LogP contribution < -0.4 is 30.8 Å². The molecule has 0 bridgehead atoms. The number of hydrogen-bond donors (Lipinski definition) is 3. The van der Waals surface area contributed by atoms with Crippen molar-refractivity contribution in [3.63, 3.8) is 0 Å². The molecule has 0 saturated carbocycles. The van der Waals surface area contributed by atoms with Crippen LogP contribution in [0.3, 0.4) is 0 Å². The summed E-state index contributed by atoms with van der Waals surface area (Å²) in [4.78, 5) is 35.7. The van der Waals surface area contributed by atoms with Crippen LogP contribution in [-0.2, 0) is 4.79 Å². The summed E-state index contributed by atoms with van der Waals surface area (Å²) in [6.07, 6.45) is 4.45. The molecule has 0 fully saturated rings. The average Bonchev–Trinajstić information content (AvgIpc) is 2.81. The number of amides is 3. The number of benzene rings is 2. The third-order valence-electron chi connectivity index (χ3n) is 4.52. The zero-order chi connectivity index (χ0) is 24.2. The van der Waals surface area contributed by atoms with E-state index < -0.39 is 24.3 Å². The molecule has 0 radical (unpaired) electrons. The van der Waals surface area contributed by atoms with Gasteiger partial charge in [0.2, 0.25) is 0 Å². The van der Waals surface area contributed by atoms with Crippen molar-refractivity contribution in [1.29, 1.82) is 0 Å². The summed E-state index contributed by atoms with van der Waals surface area (Å²) in [6, 6.07) is 9.28. The van der Waals surface area contributed by atoms with E-state index in [4.69, 9.17) is 31.5 Å². The lowest BCUT2D eigenvalue weighted by Gasteiger charge is -2.14. The van der Waals surface area contributed by atoms with Crippen molar-refractivity contribution in [2.24, 2.45) is 5.73 Å². The number of halogens is 1. The first-order valence-electron chi connectivity index (χ1n) is 10.5. The zero-order valence-electron chi connectivity index (χ0n) is 18.6. The van der Waals surface area contributed by atoms with Crippen molar-refractivity contribution >= 4 is 29.3 Å². The number of carbonyl (C=O) groups excluding carboxylic acids is 3. The molecule has 0 saturated heterocycles. The maximum Gasteiger partial charge on any atom is 0.269 e. The molecule has 0 spiro atoms. The second-order valence-corrected chi connectivity index (χ2v) is 7.49. The Morgan fingerprint density at radius 2 is 1.61 bits per heavy atom. The average molecular weight is 478 g/mol. The fourth-order valence-corrected chi connectivity index (χ4v) is 3.08. The van der Waals surface area contributed by atoms with Crippen LogP contribution in [0.15, 0.2) is 36.4 Å². The maximum absolute atomic E-state index is 12.5. The molecule has 9 nitrogen and oxygen atoms in total. The molecule has 2 rings (SSSR count). The van der Waals surface area contributed by atoms with Gasteiger partial charge >= 0.3 is 0 Å². The normalized spacial score (nSPS) is 10.3. The summed E-state index contributed by atoms with van der Waals surface area (Å²) in [5.74, 6) is -0.942.